The third kappa shape index (κ3) is 4.88. The number of carbonyl (C=O) groups excluding carboxylic acids is 6. The minimum atomic E-state index is -1.30. The van der Waals surface area contributed by atoms with Crippen LogP contribution in [0.4, 0.5) is 20.2 Å². The quantitative estimate of drug-likeness (QED) is 0.139. The Bertz CT molecular complexity index is 1830. The fraction of sp³-hybridized carbons (Fsp3) is 0.310. The van der Waals surface area contributed by atoms with Gasteiger partial charge in [0.1, 0.15) is 28.7 Å². The van der Waals surface area contributed by atoms with E-state index in [-0.39, 0.29) is 75.3 Å². The molecule has 2 aromatic carbocycles. The molecule has 2 aromatic rings. The second kappa shape index (κ2) is 11.1. The lowest BCUT2D eigenvalue weighted by atomic mass is 10.0. The molecule has 2 saturated heterocycles. The highest BCUT2D eigenvalue weighted by Gasteiger charge is 2.48. The van der Waals surface area contributed by atoms with Crippen molar-refractivity contribution >= 4 is 80.4 Å². The van der Waals surface area contributed by atoms with E-state index in [1.54, 1.807) is 0 Å². The van der Waals surface area contributed by atoms with Gasteiger partial charge in [-0.25, -0.2) is 8.78 Å². The molecule has 0 aromatic heterocycles. The first-order chi connectivity index (χ1) is 21.3. The third-order valence-corrected chi connectivity index (χ3v) is 9.49. The number of nitrogen functional groups attached to an aromatic ring is 1. The van der Waals surface area contributed by atoms with Crippen molar-refractivity contribution in [3.63, 3.8) is 0 Å². The van der Waals surface area contributed by atoms with E-state index in [2.05, 4.69) is 16.0 Å². The molecule has 2 fully saturated rings. The number of nitrogens with one attached hydrogen (secondary N) is 3. The van der Waals surface area contributed by atoms with E-state index >= 15 is 4.39 Å². The van der Waals surface area contributed by atoms with Crippen LogP contribution in [0.25, 0.3) is 0 Å². The SMILES string of the molecule is CC(C)Nc1ccc(F)c2c1C(=S)N(C1CC/C(=[SH]\c3cc(N)c4c(c3F)C(=O)N(C3CCC(=O)NC3=O)C4=O)NC1=O)C2=O. The van der Waals surface area contributed by atoms with Gasteiger partial charge in [0.05, 0.1) is 16.7 Å². The maximum atomic E-state index is 15.8. The molecule has 5 N–H and O–H groups in total. The molecule has 4 aliphatic heterocycles. The summed E-state index contributed by atoms with van der Waals surface area (Å²) < 4.78 is 30.6. The molecule has 0 saturated carbocycles. The van der Waals surface area contributed by atoms with E-state index in [0.29, 0.717) is 15.6 Å². The minimum Gasteiger partial charge on any atom is -0.398 e. The van der Waals surface area contributed by atoms with Gasteiger partial charge in [-0.2, -0.15) is 0 Å². The van der Waals surface area contributed by atoms with Gasteiger partial charge >= 0.3 is 0 Å². The van der Waals surface area contributed by atoms with Crippen LogP contribution in [-0.2, 0) is 14.4 Å². The van der Waals surface area contributed by atoms with Crippen molar-refractivity contribution < 1.29 is 37.5 Å². The lowest BCUT2D eigenvalue weighted by Gasteiger charge is -2.31. The van der Waals surface area contributed by atoms with Crippen LogP contribution in [0.1, 0.15) is 76.2 Å². The topological polar surface area (TPSA) is 171 Å². The normalized spacial score (nSPS) is 22.5. The summed E-state index contributed by atoms with van der Waals surface area (Å²) in [7, 11) is 0. The summed E-state index contributed by atoms with van der Waals surface area (Å²) in [5.41, 5.74) is 5.40. The van der Waals surface area contributed by atoms with Crippen molar-refractivity contribution in [1.29, 1.82) is 0 Å². The molecule has 0 bridgehead atoms. The zero-order chi connectivity index (χ0) is 32.5. The molecule has 2 unspecified atom stereocenters. The third-order valence-electron chi connectivity index (χ3n) is 7.92. The molecule has 12 nitrogen and oxygen atoms in total. The number of piperidine rings is 2. The van der Waals surface area contributed by atoms with Crippen LogP contribution < -0.4 is 21.7 Å². The molecular formula is C29H26F2N6O6S2. The average Bonchev–Trinajstić information content (AvgIpc) is 3.38. The predicted octanol–water partition coefficient (Wildman–Crippen LogP) is 1.83. The van der Waals surface area contributed by atoms with Gasteiger partial charge in [-0.05, 0) is 51.3 Å². The number of benzene rings is 2. The number of hydrogen-bond donors (Lipinski definition) is 5. The zero-order valence-electron chi connectivity index (χ0n) is 23.8. The Morgan fingerprint density at radius 1 is 0.889 bits per heavy atom. The Morgan fingerprint density at radius 3 is 2.18 bits per heavy atom. The van der Waals surface area contributed by atoms with Crippen molar-refractivity contribution in [2.24, 2.45) is 0 Å². The summed E-state index contributed by atoms with van der Waals surface area (Å²) in [5.74, 6) is -6.53. The number of nitrogens with zero attached hydrogens (tertiary/aromatic N) is 2. The number of fused-ring (bicyclic) bond motifs is 2. The molecule has 0 radical (unpaired) electrons. The molecule has 4 heterocycles. The Balaban J connectivity index is 1.25. The molecule has 2 atom stereocenters. The van der Waals surface area contributed by atoms with Crippen LogP contribution in [0.2, 0.25) is 0 Å². The number of amides is 6. The second-order valence-electron chi connectivity index (χ2n) is 11.2. The van der Waals surface area contributed by atoms with Gasteiger partial charge in [-0.1, -0.05) is 12.2 Å². The number of carbonyl (C=O) groups is 6. The van der Waals surface area contributed by atoms with E-state index in [0.717, 1.165) is 4.90 Å². The van der Waals surface area contributed by atoms with Crippen molar-refractivity contribution in [2.75, 3.05) is 11.1 Å². The predicted molar refractivity (Wildman–Crippen MR) is 164 cm³/mol. The highest BCUT2D eigenvalue weighted by Crippen LogP contribution is 2.38. The first-order valence-corrected chi connectivity index (χ1v) is 15.3. The van der Waals surface area contributed by atoms with Gasteiger partial charge in [-0.3, -0.25) is 43.9 Å². The van der Waals surface area contributed by atoms with E-state index in [9.17, 15) is 33.2 Å². The van der Waals surface area contributed by atoms with Crippen LogP contribution >= 0.6 is 23.6 Å². The van der Waals surface area contributed by atoms with Crippen molar-refractivity contribution in [2.45, 2.75) is 62.6 Å². The Kier molecular flexibility index (Phi) is 7.51. The van der Waals surface area contributed by atoms with E-state index in [1.807, 2.05) is 13.8 Å². The van der Waals surface area contributed by atoms with E-state index in [4.69, 9.17) is 18.0 Å². The smallest absolute Gasteiger partial charge is 0.265 e. The van der Waals surface area contributed by atoms with Crippen LogP contribution in [0.15, 0.2) is 23.1 Å². The first-order valence-electron chi connectivity index (χ1n) is 14.0. The summed E-state index contributed by atoms with van der Waals surface area (Å²) in [6.45, 7) is 3.75. The van der Waals surface area contributed by atoms with Gasteiger partial charge in [0.2, 0.25) is 17.7 Å². The number of nitrogens with two attached hydrogens (primary N) is 1. The monoisotopic (exact) mass is 656 g/mol. The molecule has 0 spiro atoms. The Morgan fingerprint density at radius 2 is 1.51 bits per heavy atom. The van der Waals surface area contributed by atoms with Gasteiger partial charge in [0, 0.05) is 39.3 Å². The van der Waals surface area contributed by atoms with Gasteiger partial charge < -0.3 is 16.4 Å². The zero-order valence-corrected chi connectivity index (χ0v) is 25.5. The van der Waals surface area contributed by atoms with Crippen LogP contribution in [-0.4, -0.2) is 73.3 Å². The maximum Gasteiger partial charge on any atom is 0.265 e. The van der Waals surface area contributed by atoms with Crippen LogP contribution in [0.5, 0.6) is 0 Å². The summed E-state index contributed by atoms with van der Waals surface area (Å²) in [5, 5.41) is 7.89. The summed E-state index contributed by atoms with van der Waals surface area (Å²) in [6.07, 6.45) is 0.0525. The molecule has 16 heteroatoms. The Labute approximate surface area is 263 Å². The molecule has 6 rings (SSSR count). The first kappa shape index (κ1) is 30.5. The standard InChI is InChI=1S/C29H26F2N6O6S2/c1-10(2)33-13-4-3-11(30)19-21(13)29(44)37(26(19)41)15-6-8-18(35-25(15)40)45-16-9-12(32)20-22(23(16)31)28(43)36(27(20)42)14-5-7-17(38)34-24(14)39/h3-4,9-10,14-15,33,45H,5-8,32H2,1-2H3,(H,35,40)(H,34,38,39). The number of hydrogen-bond acceptors (Lipinski definition) is 9. The average molecular weight is 657 g/mol. The molecule has 45 heavy (non-hydrogen) atoms. The van der Waals surface area contributed by atoms with Crippen molar-refractivity contribution in [1.82, 2.24) is 20.4 Å². The van der Waals surface area contributed by atoms with Gasteiger partial charge in [0.15, 0.2) is 0 Å². The van der Waals surface area contributed by atoms with Gasteiger partial charge in [0.25, 0.3) is 17.7 Å². The van der Waals surface area contributed by atoms with Crippen LogP contribution in [0.3, 0.4) is 0 Å². The summed E-state index contributed by atoms with van der Waals surface area (Å²) in [6, 6.07) is 1.44. The number of thiol groups is 1. The number of anilines is 2. The van der Waals surface area contributed by atoms with E-state index in [1.165, 1.54) is 18.2 Å². The molecule has 4 aliphatic rings. The fourth-order valence-corrected chi connectivity index (χ4v) is 7.48. The summed E-state index contributed by atoms with van der Waals surface area (Å²) in [4.78, 5) is 78.8. The summed E-state index contributed by atoms with van der Waals surface area (Å²) >= 11 is 5.69. The highest BCUT2D eigenvalue weighted by molar-refractivity contribution is 7.98. The number of rotatable bonds is 5. The lowest BCUT2D eigenvalue weighted by Crippen LogP contribution is -2.54. The number of thiocarbonyl (C=S) groups is 1. The van der Waals surface area contributed by atoms with Crippen LogP contribution in [0, 0.1) is 11.6 Å². The Hall–Kier alpha value is -4.57. The molecule has 6 amide bonds. The molecule has 0 aliphatic carbocycles. The van der Waals surface area contributed by atoms with Gasteiger partial charge in [-0.15, -0.1) is 11.4 Å². The molecular weight excluding hydrogens is 630 g/mol. The van der Waals surface area contributed by atoms with Crippen molar-refractivity contribution in [3.05, 3.63) is 52.1 Å². The van der Waals surface area contributed by atoms with Crippen molar-refractivity contribution in [3.8, 4) is 0 Å². The van der Waals surface area contributed by atoms with E-state index < -0.39 is 64.7 Å². The number of halogens is 2. The second-order valence-corrected chi connectivity index (χ2v) is 12.9. The maximum absolute atomic E-state index is 15.8. The highest BCUT2D eigenvalue weighted by atomic mass is 32.1. The largest absolute Gasteiger partial charge is 0.398 e. The number of imide groups is 2. The fourth-order valence-electron chi connectivity index (χ4n) is 5.95. The molecule has 234 valence electrons. The minimum absolute atomic E-state index is 0.0139. The lowest BCUT2D eigenvalue weighted by molar-refractivity contribution is -0.136.